The fourth-order valence-corrected chi connectivity index (χ4v) is 2.21. The number of ketones is 2. The second-order valence-electron chi connectivity index (χ2n) is 5.44. The summed E-state index contributed by atoms with van der Waals surface area (Å²) in [6.45, 7) is 0. The van der Waals surface area contributed by atoms with Gasteiger partial charge in [-0.25, -0.2) is 0 Å². The van der Waals surface area contributed by atoms with Crippen LogP contribution in [0, 0.1) is 0 Å². The Hall–Kier alpha value is -2.07. The second-order valence-corrected chi connectivity index (χ2v) is 5.44. The zero-order chi connectivity index (χ0) is 14.0. The van der Waals surface area contributed by atoms with Crippen LogP contribution in [0.15, 0.2) is 47.9 Å². The number of pyridine rings is 1. The van der Waals surface area contributed by atoms with Gasteiger partial charge in [0, 0.05) is 18.8 Å². The molecule has 98 valence electrons. The molecule has 0 bridgehead atoms. The largest absolute Gasteiger partial charge is 0.295 e. The lowest BCUT2D eigenvalue weighted by Gasteiger charge is -2.28. The highest BCUT2D eigenvalue weighted by molar-refractivity contribution is 6.19. The molecule has 0 fully saturated rings. The number of carbonyl (C=O) groups excluding carboxylic acids is 2. The quantitative estimate of drug-likeness (QED) is 0.605. The topological polar surface area (TPSA) is 47.0 Å². The first-order valence-corrected chi connectivity index (χ1v) is 6.10. The summed E-state index contributed by atoms with van der Waals surface area (Å²) in [7, 11) is 5.68. The second kappa shape index (κ2) is 4.90. The maximum atomic E-state index is 12.1. The van der Waals surface area contributed by atoms with Crippen LogP contribution in [-0.2, 0) is 16.0 Å². The van der Waals surface area contributed by atoms with Crippen LogP contribution >= 0.6 is 0 Å². The molecule has 4 nitrogen and oxygen atoms in total. The van der Waals surface area contributed by atoms with E-state index in [0.717, 1.165) is 5.56 Å². The van der Waals surface area contributed by atoms with E-state index < -0.39 is 0 Å². The molecule has 1 aliphatic rings. The highest BCUT2D eigenvalue weighted by Gasteiger charge is 2.32. The molecule has 0 radical (unpaired) electrons. The third kappa shape index (κ3) is 2.85. The molecule has 0 aliphatic heterocycles. The standard InChI is InChI=1S/C15H17N2O2/c1-17(2,3)15-12(13(18)6-7-14(15)19)9-11-5-4-8-16-10-11/h4-8,10H,9H2,1-3H3/q+1. The van der Waals surface area contributed by atoms with Crippen LogP contribution < -0.4 is 0 Å². The van der Waals surface area contributed by atoms with Gasteiger partial charge in [0.25, 0.3) is 0 Å². The first-order valence-electron chi connectivity index (χ1n) is 6.10. The van der Waals surface area contributed by atoms with E-state index in [0.29, 0.717) is 22.2 Å². The molecular formula is C15H17N2O2+. The summed E-state index contributed by atoms with van der Waals surface area (Å²) in [5, 5.41) is 0. The molecule has 0 N–H and O–H groups in total. The number of aromatic nitrogens is 1. The molecule has 0 amide bonds. The summed E-state index contributed by atoms with van der Waals surface area (Å²) in [6.07, 6.45) is 6.55. The highest BCUT2D eigenvalue weighted by Crippen LogP contribution is 2.23. The summed E-state index contributed by atoms with van der Waals surface area (Å²) in [5.74, 6) is -0.183. The van der Waals surface area contributed by atoms with Crippen molar-refractivity contribution in [3.05, 3.63) is 53.5 Å². The number of nitrogens with zero attached hydrogens (tertiary/aromatic N) is 2. The van der Waals surface area contributed by atoms with E-state index in [2.05, 4.69) is 4.98 Å². The maximum Gasteiger partial charge on any atom is 0.239 e. The lowest BCUT2D eigenvalue weighted by Crippen LogP contribution is -2.40. The Morgan fingerprint density at radius 2 is 1.79 bits per heavy atom. The van der Waals surface area contributed by atoms with E-state index in [9.17, 15) is 9.59 Å². The van der Waals surface area contributed by atoms with Crippen LogP contribution in [0.5, 0.6) is 0 Å². The Morgan fingerprint density at radius 3 is 2.37 bits per heavy atom. The summed E-state index contributed by atoms with van der Waals surface area (Å²) in [5.41, 5.74) is 2.05. The lowest BCUT2D eigenvalue weighted by atomic mass is 9.93. The van der Waals surface area contributed by atoms with Gasteiger partial charge in [-0.15, -0.1) is 0 Å². The van der Waals surface area contributed by atoms with Crippen LogP contribution in [0.3, 0.4) is 0 Å². The van der Waals surface area contributed by atoms with Crippen LogP contribution in [0.1, 0.15) is 5.56 Å². The van der Waals surface area contributed by atoms with Crippen molar-refractivity contribution in [3.8, 4) is 0 Å². The van der Waals surface area contributed by atoms with Crippen molar-refractivity contribution in [2.45, 2.75) is 6.42 Å². The van der Waals surface area contributed by atoms with E-state index >= 15 is 0 Å². The normalized spacial score (nSPS) is 16.2. The van der Waals surface area contributed by atoms with Gasteiger partial charge in [-0.2, -0.15) is 0 Å². The average molecular weight is 257 g/mol. The third-order valence-electron chi connectivity index (χ3n) is 2.98. The molecule has 1 heterocycles. The number of hydrogen-bond acceptors (Lipinski definition) is 3. The van der Waals surface area contributed by atoms with E-state index in [1.165, 1.54) is 12.2 Å². The highest BCUT2D eigenvalue weighted by atomic mass is 16.1. The van der Waals surface area contributed by atoms with E-state index in [1.54, 1.807) is 12.4 Å². The van der Waals surface area contributed by atoms with Crippen molar-refractivity contribution in [1.29, 1.82) is 0 Å². The van der Waals surface area contributed by atoms with Gasteiger partial charge in [-0.3, -0.25) is 19.1 Å². The molecule has 19 heavy (non-hydrogen) atoms. The smallest absolute Gasteiger partial charge is 0.239 e. The SMILES string of the molecule is C[N+](C)(C)C1=C(Cc2cccnc2)C(=O)C=CC1=O. The van der Waals surface area contributed by atoms with Crippen LogP contribution in [0.4, 0.5) is 0 Å². The molecule has 0 unspecified atom stereocenters. The summed E-state index contributed by atoms with van der Waals surface area (Å²) in [4.78, 5) is 28.2. The lowest BCUT2D eigenvalue weighted by molar-refractivity contribution is -0.826. The minimum atomic E-state index is -0.0917. The average Bonchev–Trinajstić information content (AvgIpc) is 2.33. The van der Waals surface area contributed by atoms with E-state index in [-0.39, 0.29) is 11.6 Å². The maximum absolute atomic E-state index is 12.1. The van der Waals surface area contributed by atoms with Crippen molar-refractivity contribution in [3.63, 3.8) is 0 Å². The monoisotopic (exact) mass is 257 g/mol. The first kappa shape index (κ1) is 13.4. The van der Waals surface area contributed by atoms with Crippen molar-refractivity contribution in [2.75, 3.05) is 21.1 Å². The third-order valence-corrected chi connectivity index (χ3v) is 2.98. The fraction of sp³-hybridized carbons (Fsp3) is 0.267. The minimum absolute atomic E-state index is 0.0912. The van der Waals surface area contributed by atoms with Crippen molar-refractivity contribution < 1.29 is 14.1 Å². The van der Waals surface area contributed by atoms with Gasteiger partial charge in [-0.05, 0) is 23.8 Å². The molecule has 1 aliphatic carbocycles. The van der Waals surface area contributed by atoms with E-state index in [4.69, 9.17) is 0 Å². The van der Waals surface area contributed by atoms with Crippen molar-refractivity contribution in [1.82, 2.24) is 4.98 Å². The summed E-state index contributed by atoms with van der Waals surface area (Å²) >= 11 is 0. The molecule has 0 atom stereocenters. The van der Waals surface area contributed by atoms with Gasteiger partial charge in [0.1, 0.15) is 0 Å². The Labute approximate surface area is 112 Å². The van der Waals surface area contributed by atoms with Crippen molar-refractivity contribution >= 4 is 11.6 Å². The Bertz CT molecular complexity index is 578. The number of carbonyl (C=O) groups is 2. The van der Waals surface area contributed by atoms with Crippen LogP contribution in [0.2, 0.25) is 0 Å². The predicted molar refractivity (Wildman–Crippen MR) is 72.2 cm³/mol. The van der Waals surface area contributed by atoms with Gasteiger partial charge in [-0.1, -0.05) is 6.07 Å². The molecule has 0 spiro atoms. The molecule has 0 saturated carbocycles. The molecule has 1 aromatic heterocycles. The van der Waals surface area contributed by atoms with E-state index in [1.807, 2.05) is 33.3 Å². The fourth-order valence-electron chi connectivity index (χ4n) is 2.21. The van der Waals surface area contributed by atoms with Gasteiger partial charge in [0.2, 0.25) is 5.78 Å². The molecule has 0 aromatic carbocycles. The van der Waals surface area contributed by atoms with Crippen LogP contribution in [0.25, 0.3) is 0 Å². The molecule has 2 rings (SSSR count). The number of allylic oxidation sites excluding steroid dienone is 3. The van der Waals surface area contributed by atoms with Crippen molar-refractivity contribution in [2.24, 2.45) is 0 Å². The molecular weight excluding hydrogens is 240 g/mol. The molecule has 4 heteroatoms. The van der Waals surface area contributed by atoms with Gasteiger partial charge < -0.3 is 0 Å². The zero-order valence-corrected chi connectivity index (χ0v) is 11.4. The number of quaternary nitrogens is 1. The van der Waals surface area contributed by atoms with Gasteiger partial charge >= 0.3 is 0 Å². The van der Waals surface area contributed by atoms with Crippen LogP contribution in [-0.4, -0.2) is 42.2 Å². The van der Waals surface area contributed by atoms with Gasteiger partial charge in [0.15, 0.2) is 11.5 Å². The zero-order valence-electron chi connectivity index (χ0n) is 11.4. The Morgan fingerprint density at radius 1 is 1.11 bits per heavy atom. The molecule has 1 aromatic rings. The van der Waals surface area contributed by atoms with Gasteiger partial charge in [0.05, 0.1) is 26.7 Å². The number of hydrogen-bond donors (Lipinski definition) is 0. The Balaban J connectivity index is 2.47. The molecule has 0 saturated heterocycles. The Kier molecular flexibility index (Phi) is 3.44. The number of rotatable bonds is 3. The number of likely N-dealkylation sites (N-methyl/N-ethyl adjacent to an activating group) is 1. The first-order chi connectivity index (χ1) is 8.89. The predicted octanol–water partition coefficient (Wildman–Crippen LogP) is 1.29. The summed E-state index contributed by atoms with van der Waals surface area (Å²) in [6, 6.07) is 3.73. The summed E-state index contributed by atoms with van der Waals surface area (Å²) < 4.78 is 0.338. The minimum Gasteiger partial charge on any atom is -0.295 e.